The highest BCUT2D eigenvalue weighted by Gasteiger charge is 2.36. The zero-order valence-electron chi connectivity index (χ0n) is 18.0. The van der Waals surface area contributed by atoms with Crippen molar-refractivity contribution in [1.82, 2.24) is 14.5 Å². The van der Waals surface area contributed by atoms with Crippen LogP contribution in [0.15, 0.2) is 55.1 Å². The summed E-state index contributed by atoms with van der Waals surface area (Å²) in [6.45, 7) is 1.49. The van der Waals surface area contributed by atoms with Crippen LogP contribution in [0, 0.1) is 5.82 Å². The van der Waals surface area contributed by atoms with Crippen LogP contribution < -0.4 is 15.8 Å². The molecule has 5 rings (SSSR count). The smallest absolute Gasteiger partial charge is 0.265 e. The number of carbonyl (C=O) groups is 1. The molecule has 1 unspecified atom stereocenters. The molecule has 1 amide bonds. The van der Waals surface area contributed by atoms with Crippen LogP contribution in [0.5, 0.6) is 5.75 Å². The summed E-state index contributed by atoms with van der Waals surface area (Å²) in [4.78, 5) is 19.1. The van der Waals surface area contributed by atoms with Gasteiger partial charge in [0.05, 0.1) is 29.3 Å². The average molecular weight is 470 g/mol. The maximum Gasteiger partial charge on any atom is 0.265 e. The number of fused-ring (bicyclic) bond motifs is 1. The Morgan fingerprint density at radius 1 is 1.27 bits per heavy atom. The lowest BCUT2D eigenvalue weighted by Crippen LogP contribution is -2.56. The van der Waals surface area contributed by atoms with Crippen molar-refractivity contribution in [2.24, 2.45) is 5.73 Å². The number of nitrogens with one attached hydrogen (secondary N) is 1. The number of aromatic nitrogens is 2. The molecule has 2 aromatic carbocycles. The lowest BCUT2D eigenvalue weighted by atomic mass is 9.82. The molecule has 1 aromatic heterocycles. The van der Waals surface area contributed by atoms with Gasteiger partial charge in [-0.25, -0.2) is 9.37 Å². The van der Waals surface area contributed by atoms with Gasteiger partial charge in [-0.15, -0.1) is 0 Å². The van der Waals surface area contributed by atoms with Crippen LogP contribution in [0.3, 0.4) is 0 Å². The second kappa shape index (κ2) is 8.68. The van der Waals surface area contributed by atoms with Crippen molar-refractivity contribution in [1.29, 1.82) is 0 Å². The number of nitrogens with zero attached hydrogens (tertiary/aromatic N) is 3. The van der Waals surface area contributed by atoms with Gasteiger partial charge in [-0.1, -0.05) is 23.7 Å². The summed E-state index contributed by atoms with van der Waals surface area (Å²) in [6.07, 6.45) is 6.50. The third-order valence-electron chi connectivity index (χ3n) is 6.39. The Morgan fingerprint density at radius 2 is 2.03 bits per heavy atom. The largest absolute Gasteiger partial charge is 0.476 e. The second-order valence-corrected chi connectivity index (χ2v) is 9.16. The maximum absolute atomic E-state index is 13.2. The van der Waals surface area contributed by atoms with Crippen LogP contribution in [0.1, 0.15) is 18.4 Å². The van der Waals surface area contributed by atoms with Crippen molar-refractivity contribution in [3.63, 3.8) is 0 Å². The first-order chi connectivity index (χ1) is 15.9. The molecule has 2 aliphatic heterocycles. The van der Waals surface area contributed by atoms with Gasteiger partial charge in [0, 0.05) is 37.1 Å². The van der Waals surface area contributed by atoms with Gasteiger partial charge >= 0.3 is 0 Å². The van der Waals surface area contributed by atoms with Gasteiger partial charge in [0.25, 0.3) is 5.91 Å². The third-order valence-corrected chi connectivity index (χ3v) is 6.70. The van der Waals surface area contributed by atoms with Crippen LogP contribution in [-0.4, -0.2) is 51.6 Å². The molecule has 9 heteroatoms. The highest BCUT2D eigenvalue weighted by Crippen LogP contribution is 2.36. The molecule has 3 N–H and O–H groups in total. The normalized spacial score (nSPS) is 19.4. The molecule has 3 aromatic rings. The first kappa shape index (κ1) is 21.7. The van der Waals surface area contributed by atoms with Crippen molar-refractivity contribution >= 4 is 23.2 Å². The van der Waals surface area contributed by atoms with Gasteiger partial charge in [-0.3, -0.25) is 4.79 Å². The Balaban J connectivity index is 1.23. The summed E-state index contributed by atoms with van der Waals surface area (Å²) in [5, 5.41) is 3.82. The number of piperidine rings is 1. The monoisotopic (exact) mass is 469 g/mol. The number of imidazole rings is 1. The quantitative estimate of drug-likeness (QED) is 0.611. The number of ether oxygens (including phenoxy) is 1. The topological polar surface area (TPSA) is 85.4 Å². The highest BCUT2D eigenvalue weighted by molar-refractivity contribution is 6.32. The van der Waals surface area contributed by atoms with E-state index in [0.717, 1.165) is 16.9 Å². The molecule has 7 nitrogen and oxygen atoms in total. The fraction of sp³-hybridized carbons (Fsp3) is 0.333. The predicted molar refractivity (Wildman–Crippen MR) is 124 cm³/mol. The van der Waals surface area contributed by atoms with Crippen LogP contribution in [0.25, 0.3) is 5.69 Å². The molecule has 0 spiro atoms. The zero-order chi connectivity index (χ0) is 23.0. The fourth-order valence-electron chi connectivity index (χ4n) is 4.47. The molecular weight excluding hydrogens is 445 g/mol. The first-order valence-corrected chi connectivity index (χ1v) is 11.3. The van der Waals surface area contributed by atoms with Crippen LogP contribution in [0.4, 0.5) is 10.1 Å². The van der Waals surface area contributed by atoms with Crippen LogP contribution in [0.2, 0.25) is 5.02 Å². The van der Waals surface area contributed by atoms with E-state index in [1.54, 1.807) is 41.5 Å². The summed E-state index contributed by atoms with van der Waals surface area (Å²) in [7, 11) is 0. The minimum atomic E-state index is -0.628. The van der Waals surface area contributed by atoms with E-state index < -0.39 is 11.6 Å². The number of benzene rings is 2. The molecule has 172 valence electrons. The predicted octanol–water partition coefficient (Wildman–Crippen LogP) is 3.40. The maximum atomic E-state index is 13.2. The Hall–Kier alpha value is -3.10. The summed E-state index contributed by atoms with van der Waals surface area (Å²) >= 11 is 6.42. The van der Waals surface area contributed by atoms with E-state index in [1.807, 2.05) is 11.0 Å². The Kier molecular flexibility index (Phi) is 5.72. The third kappa shape index (κ3) is 4.54. The average Bonchev–Trinajstić information content (AvgIpc) is 3.34. The lowest BCUT2D eigenvalue weighted by molar-refractivity contribution is -0.139. The van der Waals surface area contributed by atoms with Crippen molar-refractivity contribution in [3.8, 4) is 11.4 Å². The fourth-order valence-corrected chi connectivity index (χ4v) is 4.74. The van der Waals surface area contributed by atoms with Gasteiger partial charge in [0.15, 0.2) is 6.10 Å². The standard InChI is InChI=1S/C24H25ClFN5O2/c25-18-11-19-21(12-20(18)31-10-7-28-15-31)33-22(14-29-19)23(32)30-8-5-24(27,6-9-30)13-16-1-3-17(26)4-2-16/h1-4,7,10-12,15,22,29H,5-6,8-9,13-14,27H2. The SMILES string of the molecule is NC1(Cc2ccc(F)cc2)CCN(C(=O)C2CNc3cc(Cl)c(-n4ccnc4)cc3O2)CC1. The molecule has 3 heterocycles. The van der Waals surface area contributed by atoms with Gasteiger partial charge in [0.1, 0.15) is 11.6 Å². The van der Waals surface area contributed by atoms with Crippen molar-refractivity contribution < 1.29 is 13.9 Å². The van der Waals surface area contributed by atoms with E-state index in [4.69, 9.17) is 22.1 Å². The number of amides is 1. The molecule has 1 atom stereocenters. The molecular formula is C24H25ClFN5O2. The number of nitrogens with two attached hydrogens (primary N) is 1. The van der Waals surface area contributed by atoms with Crippen molar-refractivity contribution in [2.45, 2.75) is 30.9 Å². The summed E-state index contributed by atoms with van der Waals surface area (Å²) in [6, 6.07) is 10.1. The molecule has 0 aliphatic carbocycles. The van der Waals surface area contributed by atoms with Gasteiger partial charge in [-0.05, 0) is 43.0 Å². The van der Waals surface area contributed by atoms with E-state index in [-0.39, 0.29) is 11.7 Å². The van der Waals surface area contributed by atoms with Crippen LogP contribution >= 0.6 is 11.6 Å². The molecule has 2 aliphatic rings. The summed E-state index contributed by atoms with van der Waals surface area (Å²) < 4.78 is 21.1. The number of halogens is 2. The number of anilines is 1. The molecule has 33 heavy (non-hydrogen) atoms. The molecule has 1 saturated heterocycles. The van der Waals surface area contributed by atoms with Gasteiger partial charge < -0.3 is 25.3 Å². The van der Waals surface area contributed by atoms with Crippen molar-refractivity contribution in [3.05, 3.63) is 71.5 Å². The zero-order valence-corrected chi connectivity index (χ0v) is 18.8. The van der Waals surface area contributed by atoms with Gasteiger partial charge in [0.2, 0.25) is 0 Å². The number of carbonyl (C=O) groups excluding carboxylic acids is 1. The Labute approximate surface area is 196 Å². The Morgan fingerprint density at radius 3 is 2.73 bits per heavy atom. The highest BCUT2D eigenvalue weighted by atomic mass is 35.5. The number of rotatable bonds is 4. The summed E-state index contributed by atoms with van der Waals surface area (Å²) in [5.74, 6) is 0.262. The first-order valence-electron chi connectivity index (χ1n) is 10.9. The van der Waals surface area contributed by atoms with E-state index in [0.29, 0.717) is 49.7 Å². The van der Waals surface area contributed by atoms with E-state index >= 15 is 0 Å². The Bertz CT molecular complexity index is 1140. The number of hydrogen-bond acceptors (Lipinski definition) is 5. The molecule has 0 radical (unpaired) electrons. The molecule has 0 saturated carbocycles. The van der Waals surface area contributed by atoms with E-state index in [2.05, 4.69) is 10.3 Å². The van der Waals surface area contributed by atoms with E-state index in [9.17, 15) is 9.18 Å². The van der Waals surface area contributed by atoms with E-state index in [1.165, 1.54) is 12.1 Å². The van der Waals surface area contributed by atoms with Crippen LogP contribution in [-0.2, 0) is 11.2 Å². The molecule has 1 fully saturated rings. The van der Waals surface area contributed by atoms with Crippen molar-refractivity contribution in [2.75, 3.05) is 25.0 Å². The number of hydrogen-bond donors (Lipinski definition) is 2. The van der Waals surface area contributed by atoms with Gasteiger partial charge in [-0.2, -0.15) is 0 Å². The minimum absolute atomic E-state index is 0.0592. The minimum Gasteiger partial charge on any atom is -0.476 e. The second-order valence-electron chi connectivity index (χ2n) is 8.75. The number of likely N-dealkylation sites (tertiary alicyclic amines) is 1. The molecule has 0 bridgehead atoms. The summed E-state index contributed by atoms with van der Waals surface area (Å²) in [5.41, 5.74) is 8.69. The lowest BCUT2D eigenvalue weighted by Gasteiger charge is -2.41.